The molecule has 0 radical (unpaired) electrons. The average molecular weight is 255 g/mol. The predicted molar refractivity (Wildman–Crippen MR) is 75.3 cm³/mol. The minimum absolute atomic E-state index is 0.0558. The first-order chi connectivity index (χ1) is 9.33. The van der Waals surface area contributed by atoms with Gasteiger partial charge in [0.05, 0.1) is 5.56 Å². The number of carbonyl (C=O) groups is 1. The third-order valence-electron chi connectivity index (χ3n) is 3.55. The zero-order valence-corrected chi connectivity index (χ0v) is 10.8. The molecule has 1 aliphatic rings. The number of esters is 1. The van der Waals surface area contributed by atoms with Crippen molar-refractivity contribution in [3.63, 3.8) is 0 Å². The summed E-state index contributed by atoms with van der Waals surface area (Å²) in [6.07, 6.45) is 1.86. The number of hydrogen-bond donors (Lipinski definition) is 1. The number of benzene rings is 2. The van der Waals surface area contributed by atoms with Gasteiger partial charge in [0.1, 0.15) is 6.10 Å². The van der Waals surface area contributed by atoms with Gasteiger partial charge in [-0.1, -0.05) is 30.3 Å². The van der Waals surface area contributed by atoms with Crippen LogP contribution in [0.4, 0.5) is 0 Å². The van der Waals surface area contributed by atoms with Gasteiger partial charge in [0.2, 0.25) is 0 Å². The molecule has 0 unspecified atom stereocenters. The second kappa shape index (κ2) is 5.41. The first-order valence-electron chi connectivity index (χ1n) is 6.73. The van der Waals surface area contributed by atoms with Gasteiger partial charge in [0, 0.05) is 0 Å². The molecule has 0 atom stereocenters. The van der Waals surface area contributed by atoms with E-state index in [0.717, 1.165) is 36.7 Å². The molecular formula is C16H17NO2. The lowest BCUT2D eigenvalue weighted by atomic mass is 10.1. The summed E-state index contributed by atoms with van der Waals surface area (Å²) in [7, 11) is 0. The van der Waals surface area contributed by atoms with Crippen LogP contribution in [0.25, 0.3) is 10.8 Å². The Labute approximate surface area is 112 Å². The summed E-state index contributed by atoms with van der Waals surface area (Å²) in [5.41, 5.74) is 0.636. The summed E-state index contributed by atoms with van der Waals surface area (Å²) in [6, 6.07) is 13.7. The summed E-state index contributed by atoms with van der Waals surface area (Å²) in [4.78, 5) is 12.1. The number of carbonyl (C=O) groups excluding carboxylic acids is 1. The van der Waals surface area contributed by atoms with E-state index in [4.69, 9.17) is 4.74 Å². The van der Waals surface area contributed by atoms with Crippen LogP contribution in [0.3, 0.4) is 0 Å². The highest BCUT2D eigenvalue weighted by molar-refractivity contribution is 5.95. The van der Waals surface area contributed by atoms with Crippen LogP contribution in [-0.4, -0.2) is 25.2 Å². The molecule has 1 saturated heterocycles. The molecule has 1 fully saturated rings. The second-order valence-electron chi connectivity index (χ2n) is 4.92. The van der Waals surface area contributed by atoms with Crippen molar-refractivity contribution < 1.29 is 9.53 Å². The van der Waals surface area contributed by atoms with Crippen LogP contribution < -0.4 is 5.32 Å². The first kappa shape index (κ1) is 12.2. The summed E-state index contributed by atoms with van der Waals surface area (Å²) in [5.74, 6) is -0.211. The van der Waals surface area contributed by atoms with Crippen molar-refractivity contribution in [3.05, 3.63) is 48.0 Å². The van der Waals surface area contributed by atoms with Crippen LogP contribution in [0.5, 0.6) is 0 Å². The molecule has 3 nitrogen and oxygen atoms in total. The number of hydrogen-bond acceptors (Lipinski definition) is 3. The Morgan fingerprint density at radius 1 is 1.05 bits per heavy atom. The Hall–Kier alpha value is -1.87. The fourth-order valence-corrected chi connectivity index (χ4v) is 2.45. The number of piperidine rings is 1. The smallest absolute Gasteiger partial charge is 0.338 e. The van der Waals surface area contributed by atoms with Crippen molar-refractivity contribution in [3.8, 4) is 0 Å². The number of rotatable bonds is 2. The molecule has 0 bridgehead atoms. The van der Waals surface area contributed by atoms with Crippen LogP contribution in [0.1, 0.15) is 23.2 Å². The topological polar surface area (TPSA) is 38.3 Å². The van der Waals surface area contributed by atoms with Crippen molar-refractivity contribution >= 4 is 16.7 Å². The van der Waals surface area contributed by atoms with Crippen molar-refractivity contribution in [1.82, 2.24) is 5.32 Å². The second-order valence-corrected chi connectivity index (χ2v) is 4.92. The minimum atomic E-state index is -0.211. The highest BCUT2D eigenvalue weighted by atomic mass is 16.5. The molecule has 2 aromatic rings. The molecule has 98 valence electrons. The quantitative estimate of drug-likeness (QED) is 0.839. The van der Waals surface area contributed by atoms with Gasteiger partial charge < -0.3 is 10.1 Å². The lowest BCUT2D eigenvalue weighted by Gasteiger charge is -2.22. The largest absolute Gasteiger partial charge is 0.459 e. The molecule has 1 heterocycles. The van der Waals surface area contributed by atoms with Gasteiger partial charge in [0.25, 0.3) is 0 Å². The van der Waals surface area contributed by atoms with Gasteiger partial charge in [-0.3, -0.25) is 0 Å². The zero-order valence-electron chi connectivity index (χ0n) is 10.8. The molecule has 19 heavy (non-hydrogen) atoms. The van der Waals surface area contributed by atoms with E-state index < -0.39 is 0 Å². The minimum Gasteiger partial charge on any atom is -0.459 e. The van der Waals surface area contributed by atoms with E-state index >= 15 is 0 Å². The maximum atomic E-state index is 12.1. The number of fused-ring (bicyclic) bond motifs is 1. The maximum absolute atomic E-state index is 12.1. The maximum Gasteiger partial charge on any atom is 0.338 e. The zero-order chi connectivity index (χ0) is 13.1. The molecule has 3 rings (SSSR count). The van der Waals surface area contributed by atoms with Gasteiger partial charge in [-0.05, 0) is 48.8 Å². The Morgan fingerprint density at radius 2 is 1.79 bits per heavy atom. The van der Waals surface area contributed by atoms with Crippen LogP contribution in [0.2, 0.25) is 0 Å². The van der Waals surface area contributed by atoms with Gasteiger partial charge in [-0.2, -0.15) is 0 Å². The molecule has 0 spiro atoms. The summed E-state index contributed by atoms with van der Waals surface area (Å²) >= 11 is 0. The average Bonchev–Trinajstić information content (AvgIpc) is 2.48. The lowest BCUT2D eigenvalue weighted by molar-refractivity contribution is 0.0230. The van der Waals surface area contributed by atoms with E-state index in [9.17, 15) is 4.79 Å². The lowest BCUT2D eigenvalue weighted by Crippen LogP contribution is -2.33. The van der Waals surface area contributed by atoms with Gasteiger partial charge >= 0.3 is 5.97 Å². The fraction of sp³-hybridized carbons (Fsp3) is 0.312. The van der Waals surface area contributed by atoms with Crippen LogP contribution >= 0.6 is 0 Å². The standard InChI is InChI=1S/C16H17NO2/c18-16(19-15-7-9-17-10-8-15)14-6-5-12-3-1-2-4-13(12)11-14/h1-6,11,15,17H,7-10H2. The fourth-order valence-electron chi connectivity index (χ4n) is 2.45. The van der Waals surface area contributed by atoms with Crippen LogP contribution in [0.15, 0.2) is 42.5 Å². The van der Waals surface area contributed by atoms with Crippen molar-refractivity contribution in [2.75, 3.05) is 13.1 Å². The van der Waals surface area contributed by atoms with E-state index in [2.05, 4.69) is 5.32 Å². The van der Waals surface area contributed by atoms with E-state index in [1.165, 1.54) is 0 Å². The molecule has 1 aliphatic heterocycles. The summed E-state index contributed by atoms with van der Waals surface area (Å²) in [6.45, 7) is 1.85. The highest BCUT2D eigenvalue weighted by Crippen LogP contribution is 2.17. The van der Waals surface area contributed by atoms with Crippen molar-refractivity contribution in [2.24, 2.45) is 0 Å². The van der Waals surface area contributed by atoms with Gasteiger partial charge in [-0.15, -0.1) is 0 Å². The third-order valence-corrected chi connectivity index (χ3v) is 3.55. The van der Waals surface area contributed by atoms with Crippen molar-refractivity contribution in [2.45, 2.75) is 18.9 Å². The molecule has 0 amide bonds. The van der Waals surface area contributed by atoms with E-state index in [1.807, 2.05) is 42.5 Å². The molecular weight excluding hydrogens is 238 g/mol. The SMILES string of the molecule is O=C(OC1CCNCC1)c1ccc2ccccc2c1. The summed E-state index contributed by atoms with van der Waals surface area (Å²) in [5, 5.41) is 5.47. The Balaban J connectivity index is 1.77. The monoisotopic (exact) mass is 255 g/mol. The third kappa shape index (κ3) is 2.76. The van der Waals surface area contributed by atoms with Crippen LogP contribution in [-0.2, 0) is 4.74 Å². The van der Waals surface area contributed by atoms with E-state index in [-0.39, 0.29) is 12.1 Å². The first-order valence-corrected chi connectivity index (χ1v) is 6.73. The normalized spacial score (nSPS) is 16.4. The molecule has 2 aromatic carbocycles. The Bertz CT molecular complexity index is 588. The van der Waals surface area contributed by atoms with Gasteiger partial charge in [0.15, 0.2) is 0 Å². The predicted octanol–water partition coefficient (Wildman–Crippen LogP) is 2.75. The summed E-state index contributed by atoms with van der Waals surface area (Å²) < 4.78 is 5.55. The van der Waals surface area contributed by atoms with Crippen LogP contribution in [0, 0.1) is 0 Å². The molecule has 0 aliphatic carbocycles. The Kier molecular flexibility index (Phi) is 3.47. The molecule has 0 aromatic heterocycles. The van der Waals surface area contributed by atoms with Gasteiger partial charge in [-0.25, -0.2) is 4.79 Å². The Morgan fingerprint density at radius 3 is 2.58 bits per heavy atom. The van der Waals surface area contributed by atoms with E-state index in [1.54, 1.807) is 0 Å². The van der Waals surface area contributed by atoms with E-state index in [0.29, 0.717) is 5.56 Å². The molecule has 3 heteroatoms. The number of nitrogens with one attached hydrogen (secondary N) is 1. The number of ether oxygens (including phenoxy) is 1. The highest BCUT2D eigenvalue weighted by Gasteiger charge is 2.18. The van der Waals surface area contributed by atoms with Crippen molar-refractivity contribution in [1.29, 1.82) is 0 Å². The molecule has 1 N–H and O–H groups in total. The molecule has 0 saturated carbocycles.